The molecule has 0 radical (unpaired) electrons. The van der Waals surface area contributed by atoms with Crippen LogP contribution in [0.1, 0.15) is 2.74 Å². The number of hydrogen-bond acceptors (Lipinski definition) is 3. The fourth-order valence-electron chi connectivity index (χ4n) is 1.88. The van der Waals surface area contributed by atoms with E-state index in [1.807, 2.05) is 0 Å². The summed E-state index contributed by atoms with van der Waals surface area (Å²) in [6.07, 6.45) is 3.51. The first-order chi connectivity index (χ1) is 10.6. The van der Waals surface area contributed by atoms with E-state index < -0.39 is 6.67 Å². The third kappa shape index (κ3) is 2.42. The largest absolute Gasteiger partial charge is 0.491 e. The summed E-state index contributed by atoms with van der Waals surface area (Å²) in [5, 5.41) is 0. The van der Waals surface area contributed by atoms with E-state index in [0.29, 0.717) is 28.3 Å². The van der Waals surface area contributed by atoms with Crippen LogP contribution in [0.3, 0.4) is 0 Å². The zero-order valence-corrected chi connectivity index (χ0v) is 10.6. The van der Waals surface area contributed by atoms with Crippen molar-refractivity contribution in [1.29, 1.82) is 0 Å². The van der Waals surface area contributed by atoms with Gasteiger partial charge in [-0.2, -0.15) is 0 Å². The van der Waals surface area contributed by atoms with E-state index in [4.69, 9.17) is 13.2 Å². The standard InChI is InChI=1S/C15H14FN3O/c16-6-8-20-13-3-1-11(2-4-13)14-10-19-7-5-12(17)9-15(19)18-14/h1-5,7,9-10H,6,8,17H2/i1T,2T. The molecule has 2 heterocycles. The second-order valence-electron chi connectivity index (χ2n) is 4.24. The molecule has 0 atom stereocenters. The summed E-state index contributed by atoms with van der Waals surface area (Å²) in [4.78, 5) is 4.40. The Balaban J connectivity index is 2.05. The monoisotopic (exact) mass is 275 g/mol. The predicted octanol–water partition coefficient (Wildman–Crippen LogP) is 2.93. The smallest absolute Gasteiger partial charge is 0.139 e. The Bertz CT molecular complexity index is 812. The average Bonchev–Trinajstić information content (AvgIpc) is 2.86. The Hall–Kier alpha value is -2.56. The molecule has 0 fully saturated rings. The number of rotatable bonds is 4. The molecule has 4 nitrogen and oxygen atoms in total. The molecular formula is C15H14FN3O. The third-order valence-corrected chi connectivity index (χ3v) is 2.80. The summed E-state index contributed by atoms with van der Waals surface area (Å²) >= 11 is 0. The number of ether oxygens (including phenoxy) is 1. The van der Waals surface area contributed by atoms with Crippen LogP contribution in [0.5, 0.6) is 5.75 Å². The normalized spacial score (nSPS) is 12.2. The highest BCUT2D eigenvalue weighted by Gasteiger charge is 2.05. The van der Waals surface area contributed by atoms with E-state index in [0.717, 1.165) is 0 Å². The van der Waals surface area contributed by atoms with E-state index in [9.17, 15) is 4.39 Å². The lowest BCUT2D eigenvalue weighted by Crippen LogP contribution is -1.98. The SMILES string of the molecule is [3H]c1cc(OCCF)cc([3H])c1-c1cn2ccc(N)cc2n1. The van der Waals surface area contributed by atoms with Crippen molar-refractivity contribution in [2.75, 3.05) is 19.0 Å². The molecule has 3 aromatic rings. The number of nitrogen functional groups attached to an aromatic ring is 1. The highest BCUT2D eigenvalue weighted by molar-refractivity contribution is 5.65. The molecule has 3 rings (SSSR count). The van der Waals surface area contributed by atoms with Gasteiger partial charge in [0.2, 0.25) is 0 Å². The molecule has 5 heteroatoms. The van der Waals surface area contributed by atoms with Gasteiger partial charge < -0.3 is 14.9 Å². The second-order valence-corrected chi connectivity index (χ2v) is 4.24. The van der Waals surface area contributed by atoms with Gasteiger partial charge in [-0.3, -0.25) is 0 Å². The van der Waals surface area contributed by atoms with Crippen molar-refractivity contribution in [2.24, 2.45) is 0 Å². The molecule has 0 unspecified atom stereocenters. The number of halogens is 1. The Morgan fingerprint density at radius 1 is 1.35 bits per heavy atom. The number of anilines is 1. The van der Waals surface area contributed by atoms with Gasteiger partial charge >= 0.3 is 0 Å². The number of fused-ring (bicyclic) bond motifs is 1. The number of pyridine rings is 1. The quantitative estimate of drug-likeness (QED) is 0.796. The summed E-state index contributed by atoms with van der Waals surface area (Å²) in [5.74, 6) is 0.310. The molecule has 0 saturated heterocycles. The molecule has 0 aliphatic heterocycles. The molecule has 2 N–H and O–H groups in total. The van der Waals surface area contributed by atoms with Crippen LogP contribution < -0.4 is 10.5 Å². The molecule has 1 aromatic carbocycles. The number of alkyl halides is 1. The van der Waals surface area contributed by atoms with Gasteiger partial charge in [-0.05, 0) is 30.3 Å². The van der Waals surface area contributed by atoms with Crippen molar-refractivity contribution < 1.29 is 11.9 Å². The average molecular weight is 275 g/mol. The maximum absolute atomic E-state index is 12.1. The number of imidazole rings is 1. The van der Waals surface area contributed by atoms with Crippen LogP contribution in [0.4, 0.5) is 10.1 Å². The number of nitrogens with two attached hydrogens (primary N) is 1. The summed E-state index contributed by atoms with van der Waals surface area (Å²) < 4.78 is 35.2. The maximum Gasteiger partial charge on any atom is 0.139 e. The maximum atomic E-state index is 12.1. The summed E-state index contributed by atoms with van der Waals surface area (Å²) in [6.45, 7) is -0.706. The second kappa shape index (κ2) is 5.21. The minimum Gasteiger partial charge on any atom is -0.491 e. The first-order valence-corrected chi connectivity index (χ1v) is 6.13. The van der Waals surface area contributed by atoms with Gasteiger partial charge in [0.15, 0.2) is 0 Å². The minimum atomic E-state index is -0.615. The van der Waals surface area contributed by atoms with Crippen molar-refractivity contribution in [3.63, 3.8) is 0 Å². The molecule has 20 heavy (non-hydrogen) atoms. The molecule has 0 aliphatic carbocycles. The molecule has 2 aromatic heterocycles. The Labute approximate surface area is 118 Å². The lowest BCUT2D eigenvalue weighted by atomic mass is 10.2. The van der Waals surface area contributed by atoms with Crippen LogP contribution in [0.25, 0.3) is 16.9 Å². The highest BCUT2D eigenvalue weighted by Crippen LogP contribution is 2.22. The van der Waals surface area contributed by atoms with Gasteiger partial charge in [0.25, 0.3) is 0 Å². The summed E-state index contributed by atoms with van der Waals surface area (Å²) in [6, 6.07) is 6.60. The van der Waals surface area contributed by atoms with Gasteiger partial charge in [-0.1, -0.05) is 0 Å². The van der Waals surface area contributed by atoms with Gasteiger partial charge in [0.05, 0.1) is 8.44 Å². The molecule has 0 saturated carbocycles. The molecular weight excluding hydrogens is 257 g/mol. The zero-order chi connectivity index (χ0) is 15.7. The number of benzene rings is 1. The minimum absolute atomic E-state index is 0.0914. The fourth-order valence-corrected chi connectivity index (χ4v) is 1.88. The van der Waals surface area contributed by atoms with E-state index in [1.54, 1.807) is 28.9 Å². The summed E-state index contributed by atoms with van der Waals surface area (Å²) in [5.41, 5.74) is 7.87. The predicted molar refractivity (Wildman–Crippen MR) is 76.5 cm³/mol. The van der Waals surface area contributed by atoms with Gasteiger partial charge in [-0.25, -0.2) is 9.37 Å². The van der Waals surface area contributed by atoms with Crippen molar-refractivity contribution in [1.82, 2.24) is 9.38 Å². The molecule has 102 valence electrons. The van der Waals surface area contributed by atoms with E-state index >= 15 is 0 Å². The fraction of sp³-hybridized carbons (Fsp3) is 0.133. The van der Waals surface area contributed by atoms with Crippen LogP contribution >= 0.6 is 0 Å². The van der Waals surface area contributed by atoms with E-state index in [2.05, 4.69) is 4.98 Å². The van der Waals surface area contributed by atoms with Crippen molar-refractivity contribution in [3.8, 4) is 17.0 Å². The lowest BCUT2D eigenvalue weighted by molar-refractivity contribution is 0.273. The van der Waals surface area contributed by atoms with Crippen molar-refractivity contribution in [2.45, 2.75) is 0 Å². The van der Waals surface area contributed by atoms with Crippen molar-refractivity contribution in [3.05, 3.63) is 48.7 Å². The van der Waals surface area contributed by atoms with Crippen LogP contribution in [-0.4, -0.2) is 22.7 Å². The number of hydrogen-bond donors (Lipinski definition) is 1. The molecule has 0 aliphatic rings. The van der Waals surface area contributed by atoms with Gasteiger partial charge in [0, 0.05) is 29.7 Å². The Kier molecular flexibility index (Phi) is 2.67. The molecule has 0 bridgehead atoms. The number of nitrogens with zero attached hydrogens (tertiary/aromatic N) is 2. The molecule has 0 spiro atoms. The van der Waals surface area contributed by atoms with Crippen molar-refractivity contribution >= 4 is 11.3 Å². The van der Waals surface area contributed by atoms with E-state index in [-0.39, 0.29) is 18.7 Å². The van der Waals surface area contributed by atoms with Crippen LogP contribution in [0.15, 0.2) is 48.7 Å². The Morgan fingerprint density at radius 3 is 2.90 bits per heavy atom. The van der Waals surface area contributed by atoms with Gasteiger partial charge in [-0.15, -0.1) is 0 Å². The third-order valence-electron chi connectivity index (χ3n) is 2.80. The van der Waals surface area contributed by atoms with Crippen LogP contribution in [0, 0.1) is 0 Å². The van der Waals surface area contributed by atoms with Gasteiger partial charge in [0.1, 0.15) is 24.7 Å². The zero-order valence-electron chi connectivity index (χ0n) is 12.6. The number of aromatic nitrogens is 2. The lowest BCUT2D eigenvalue weighted by Gasteiger charge is -2.03. The molecule has 0 amide bonds. The first kappa shape index (κ1) is 10.3. The van der Waals surface area contributed by atoms with Crippen LogP contribution in [0.2, 0.25) is 0 Å². The first-order valence-electron chi connectivity index (χ1n) is 7.13. The highest BCUT2D eigenvalue weighted by atomic mass is 19.1. The summed E-state index contributed by atoms with van der Waals surface area (Å²) in [7, 11) is 0. The van der Waals surface area contributed by atoms with E-state index in [1.165, 1.54) is 12.1 Å². The topological polar surface area (TPSA) is 52.5 Å². The Morgan fingerprint density at radius 2 is 2.15 bits per heavy atom. The van der Waals surface area contributed by atoms with Crippen LogP contribution in [-0.2, 0) is 0 Å².